The predicted octanol–water partition coefficient (Wildman–Crippen LogP) is 3.82. The van der Waals surface area contributed by atoms with E-state index < -0.39 is 34.4 Å². The zero-order valence-electron chi connectivity index (χ0n) is 28.3. The minimum atomic E-state index is -4.15. The molecule has 0 radical (unpaired) electrons. The molecule has 2 aromatic carbocycles. The molecule has 262 valence electrons. The van der Waals surface area contributed by atoms with E-state index in [-0.39, 0.29) is 61.1 Å². The summed E-state index contributed by atoms with van der Waals surface area (Å²) in [4.78, 5) is 28.1. The molecule has 2 fully saturated rings. The number of aliphatic hydroxyl groups is 1. The van der Waals surface area contributed by atoms with Crippen molar-refractivity contribution in [1.29, 1.82) is 0 Å². The van der Waals surface area contributed by atoms with Gasteiger partial charge in [-0.25, -0.2) is 13.2 Å². The average molecular weight is 685 g/mol. The summed E-state index contributed by atoms with van der Waals surface area (Å²) in [7, 11) is -4.15. The van der Waals surface area contributed by atoms with E-state index in [1.807, 2.05) is 69.9 Å². The fourth-order valence-electron chi connectivity index (χ4n) is 6.41. The van der Waals surface area contributed by atoms with Crippen LogP contribution >= 0.6 is 0 Å². The van der Waals surface area contributed by atoms with Crippen LogP contribution < -0.4 is 10.6 Å². The molecule has 3 heterocycles. The third-order valence-corrected chi connectivity index (χ3v) is 10.8. The molecule has 48 heavy (non-hydrogen) atoms. The van der Waals surface area contributed by atoms with E-state index in [1.165, 1.54) is 16.4 Å². The summed E-state index contributed by atoms with van der Waals surface area (Å²) in [5.74, 6) is -0.419. The first-order valence-electron chi connectivity index (χ1n) is 16.7. The summed E-state index contributed by atoms with van der Waals surface area (Å²) in [6.45, 7) is 11.1. The Balaban J connectivity index is 1.38. The van der Waals surface area contributed by atoms with Gasteiger partial charge in [0.1, 0.15) is 6.10 Å². The third kappa shape index (κ3) is 8.20. The van der Waals surface area contributed by atoms with Crippen molar-refractivity contribution in [2.75, 3.05) is 38.2 Å². The molecular weight excluding hydrogens is 636 g/mol. The third-order valence-electron chi connectivity index (χ3n) is 9.00. The van der Waals surface area contributed by atoms with E-state index in [4.69, 9.17) is 14.2 Å². The van der Waals surface area contributed by atoms with Crippen LogP contribution in [0.25, 0.3) is 5.57 Å². The molecule has 5 atom stereocenters. The second kappa shape index (κ2) is 15.4. The number of fused-ring (bicyclic) bond motifs is 2. The Kier molecular flexibility index (Phi) is 11.5. The molecule has 0 aliphatic carbocycles. The molecule has 3 aliphatic heterocycles. The van der Waals surface area contributed by atoms with Crippen LogP contribution in [0.1, 0.15) is 52.2 Å². The first-order chi connectivity index (χ1) is 22.9. The Bertz CT molecular complexity index is 1580. The fraction of sp³-hybridized carbons (Fsp3) is 0.543. The molecule has 2 saturated heterocycles. The largest absolute Gasteiger partial charge is 0.443 e. The van der Waals surface area contributed by atoms with Gasteiger partial charge in [-0.1, -0.05) is 44.2 Å². The van der Waals surface area contributed by atoms with Gasteiger partial charge in [0, 0.05) is 43.1 Å². The maximum absolute atomic E-state index is 14.3. The second-order valence-corrected chi connectivity index (χ2v) is 15.3. The average Bonchev–Trinajstić information content (AvgIpc) is 3.74. The molecule has 3 aliphatic rings. The Morgan fingerprint density at radius 3 is 2.56 bits per heavy atom. The number of rotatable bonds is 14. The van der Waals surface area contributed by atoms with Crippen molar-refractivity contribution in [3.05, 3.63) is 65.9 Å². The number of anilines is 1. The fourth-order valence-corrected chi connectivity index (χ4v) is 8.06. The maximum atomic E-state index is 14.3. The molecule has 0 aromatic heterocycles. The summed E-state index contributed by atoms with van der Waals surface area (Å²) in [6.07, 6.45) is -0.127. The van der Waals surface area contributed by atoms with Gasteiger partial charge in [-0.2, -0.15) is 4.31 Å². The smallest absolute Gasteiger partial charge is 0.407 e. The molecule has 3 N–H and O–H groups in total. The maximum Gasteiger partial charge on any atom is 0.407 e. The number of nitrogens with zero attached hydrogens (tertiary/aromatic N) is 2. The second-order valence-electron chi connectivity index (χ2n) is 13.3. The van der Waals surface area contributed by atoms with E-state index >= 15 is 0 Å². The lowest BCUT2D eigenvalue weighted by Crippen LogP contribution is -2.51. The summed E-state index contributed by atoms with van der Waals surface area (Å²) >= 11 is 0. The van der Waals surface area contributed by atoms with Crippen molar-refractivity contribution < 1.29 is 37.3 Å². The lowest BCUT2D eigenvalue weighted by Gasteiger charge is -2.31. The zero-order valence-corrected chi connectivity index (χ0v) is 29.1. The Morgan fingerprint density at radius 2 is 1.88 bits per heavy atom. The van der Waals surface area contributed by atoms with Gasteiger partial charge in [-0.05, 0) is 63.3 Å². The highest BCUT2D eigenvalue weighted by Crippen LogP contribution is 2.35. The van der Waals surface area contributed by atoms with Gasteiger partial charge in [0.25, 0.3) is 5.91 Å². The summed E-state index contributed by atoms with van der Waals surface area (Å²) < 4.78 is 46.6. The van der Waals surface area contributed by atoms with Crippen molar-refractivity contribution in [1.82, 2.24) is 14.5 Å². The topological polar surface area (TPSA) is 147 Å². The quantitative estimate of drug-likeness (QED) is 0.253. The lowest BCUT2D eigenvalue weighted by molar-refractivity contribution is -0.110. The van der Waals surface area contributed by atoms with Gasteiger partial charge in [0.05, 0.1) is 41.7 Å². The number of carbonyl (C=O) groups is 2. The van der Waals surface area contributed by atoms with Crippen molar-refractivity contribution in [2.45, 2.75) is 82.9 Å². The van der Waals surface area contributed by atoms with Crippen molar-refractivity contribution in [3.63, 3.8) is 0 Å². The zero-order chi connectivity index (χ0) is 34.6. The SMILES string of the molecule is CCN(/C=C1\C(=O)Nc2ccc(S(=O)(=O)N(CC(C)C)C[C@@H](O)[C@H](Cc3ccccc3)NC(=O)O[C@H]3COC4OCCC43)cc21)C(C)C. The van der Waals surface area contributed by atoms with Gasteiger partial charge in [0.15, 0.2) is 6.29 Å². The van der Waals surface area contributed by atoms with Crippen LogP contribution in [0, 0.1) is 11.8 Å². The molecule has 2 unspecified atom stereocenters. The number of hydrogen-bond acceptors (Lipinski definition) is 9. The van der Waals surface area contributed by atoms with Gasteiger partial charge in [0.2, 0.25) is 10.0 Å². The van der Waals surface area contributed by atoms with Crippen LogP contribution in [0.15, 0.2) is 59.6 Å². The molecule has 5 rings (SSSR count). The number of alkyl carbamates (subject to hydrolysis) is 1. The Hall–Kier alpha value is -3.49. The van der Waals surface area contributed by atoms with Crippen molar-refractivity contribution >= 4 is 33.3 Å². The number of sulfonamides is 1. The molecule has 0 saturated carbocycles. The van der Waals surface area contributed by atoms with Crippen LogP contribution in [0.4, 0.5) is 10.5 Å². The highest BCUT2D eigenvalue weighted by Gasteiger charge is 2.44. The molecular formula is C35H48N4O8S. The normalized spacial score (nSPS) is 22.6. The molecule has 0 bridgehead atoms. The summed E-state index contributed by atoms with van der Waals surface area (Å²) in [5, 5.41) is 17.3. The standard InChI is InChI=1S/C35H48N4O8S/c1-6-38(23(4)5)19-28-27-17-25(12-13-29(27)36-33(28)41)48(43,44)39(18-22(2)3)20-31(40)30(16-24-10-8-7-9-11-24)37-35(42)47-32-21-46-34-26(32)14-15-45-34/h7-13,17,19,22-23,26,30-32,34,40H,6,14-16,18,20-21H2,1-5H3,(H,36,41)(H,37,42)/b28-19-/t26?,30-,31+,32-,34?/m0/s1. The first kappa shape index (κ1) is 35.8. The van der Waals surface area contributed by atoms with Crippen LogP contribution in [0.5, 0.6) is 0 Å². The number of amides is 2. The predicted molar refractivity (Wildman–Crippen MR) is 181 cm³/mol. The summed E-state index contributed by atoms with van der Waals surface area (Å²) in [6, 6.07) is 13.2. The number of nitrogens with one attached hydrogen (secondary N) is 2. The highest BCUT2D eigenvalue weighted by atomic mass is 32.2. The Labute approximate surface area is 283 Å². The number of benzene rings is 2. The number of ether oxygens (including phenoxy) is 3. The van der Waals surface area contributed by atoms with Gasteiger partial charge < -0.3 is 34.9 Å². The molecule has 12 nitrogen and oxygen atoms in total. The van der Waals surface area contributed by atoms with E-state index in [9.17, 15) is 23.1 Å². The van der Waals surface area contributed by atoms with E-state index in [0.717, 1.165) is 12.0 Å². The van der Waals surface area contributed by atoms with Crippen LogP contribution in [0.3, 0.4) is 0 Å². The van der Waals surface area contributed by atoms with Crippen LogP contribution in [-0.4, -0.2) is 98.2 Å². The number of carbonyl (C=O) groups excluding carboxylic acids is 2. The molecule has 2 aromatic rings. The number of hydrogen-bond donors (Lipinski definition) is 3. The van der Waals surface area contributed by atoms with E-state index in [1.54, 1.807) is 12.3 Å². The molecule has 13 heteroatoms. The van der Waals surface area contributed by atoms with Crippen molar-refractivity contribution in [3.8, 4) is 0 Å². The van der Waals surface area contributed by atoms with Crippen LogP contribution in [-0.2, 0) is 35.4 Å². The Morgan fingerprint density at radius 1 is 1.12 bits per heavy atom. The molecule has 0 spiro atoms. The van der Waals surface area contributed by atoms with Crippen LogP contribution in [0.2, 0.25) is 0 Å². The number of aliphatic hydroxyl groups excluding tert-OH is 1. The van der Waals surface area contributed by atoms with E-state index in [2.05, 4.69) is 10.6 Å². The van der Waals surface area contributed by atoms with Gasteiger partial charge >= 0.3 is 6.09 Å². The van der Waals surface area contributed by atoms with Gasteiger partial charge in [-0.15, -0.1) is 0 Å². The highest BCUT2D eigenvalue weighted by molar-refractivity contribution is 7.89. The monoisotopic (exact) mass is 684 g/mol. The summed E-state index contributed by atoms with van der Waals surface area (Å²) in [5.41, 5.74) is 2.28. The minimum absolute atomic E-state index is 0.00523. The van der Waals surface area contributed by atoms with E-state index in [0.29, 0.717) is 30.0 Å². The van der Waals surface area contributed by atoms with Crippen molar-refractivity contribution in [2.24, 2.45) is 11.8 Å². The lowest BCUT2D eigenvalue weighted by atomic mass is 10.0. The van der Waals surface area contributed by atoms with Gasteiger partial charge in [-0.3, -0.25) is 4.79 Å². The molecule has 2 amide bonds. The first-order valence-corrected chi connectivity index (χ1v) is 18.2. The minimum Gasteiger partial charge on any atom is -0.443 e.